The maximum Gasteiger partial charge on any atom is 0.243 e. The molecule has 0 fully saturated rings. The van der Waals surface area contributed by atoms with Gasteiger partial charge in [-0.3, -0.25) is 43.3 Å². The minimum atomic E-state index is -1.60. The first-order valence-corrected chi connectivity index (χ1v) is 18.6. The van der Waals surface area contributed by atoms with Crippen LogP contribution in [0.15, 0.2) is 65.7 Å². The highest BCUT2D eigenvalue weighted by molar-refractivity contribution is 5.98. The van der Waals surface area contributed by atoms with Crippen LogP contribution in [0, 0.1) is 5.92 Å². The average molecular weight is 809 g/mol. The number of nitrogens with two attached hydrogens (primary N) is 6. The van der Waals surface area contributed by atoms with Crippen LogP contribution in [0.4, 0.5) is 0 Å². The van der Waals surface area contributed by atoms with E-state index in [1.165, 1.54) is 0 Å². The van der Waals surface area contributed by atoms with Gasteiger partial charge >= 0.3 is 0 Å². The van der Waals surface area contributed by atoms with E-state index in [0.717, 1.165) is 5.56 Å². The summed E-state index contributed by atoms with van der Waals surface area (Å²) < 4.78 is 0. The van der Waals surface area contributed by atoms with E-state index in [0.29, 0.717) is 5.56 Å². The van der Waals surface area contributed by atoms with Crippen LogP contribution >= 0.6 is 0 Å². The maximum atomic E-state index is 14.0. The van der Waals surface area contributed by atoms with Crippen molar-refractivity contribution >= 4 is 53.2 Å². The standard InChI is InChI=1S/C38H56N12O8/c1-21(2)16-27(35(56)46-25(14-9-15-45-38(43)44)34(55)47-26(32(42)53)17-22-10-5-3-6-11-22)49-36(57)28(18-23-12-7-4-8-13-23)50-37(58)29(20-31(41)52)48-33(54)24(39)19-30(40)51/h3-8,10-13,21,24-29H,9,14-20,39H2,1-2H3,(H2,40,51)(H2,41,52)(H2,42,53)(H,46,56)(H,47,55)(H,48,54)(H,49,57)(H,50,58)(H4,43,44,45)/t24-,25-,26-,27-,28-,29-/m0/s1. The number of guanidine groups is 1. The quantitative estimate of drug-likeness (QED) is 0.0266. The number of hydrogen-bond acceptors (Lipinski definition) is 10. The maximum absolute atomic E-state index is 14.0. The summed E-state index contributed by atoms with van der Waals surface area (Å²) in [6.45, 7) is 3.72. The van der Waals surface area contributed by atoms with E-state index >= 15 is 0 Å². The van der Waals surface area contributed by atoms with E-state index in [9.17, 15) is 38.4 Å². The van der Waals surface area contributed by atoms with Gasteiger partial charge in [0.25, 0.3) is 0 Å². The lowest BCUT2D eigenvalue weighted by molar-refractivity contribution is -0.136. The zero-order chi connectivity index (χ0) is 43.4. The molecule has 20 heteroatoms. The molecule has 0 aliphatic carbocycles. The molecule has 58 heavy (non-hydrogen) atoms. The number of carbonyl (C=O) groups excluding carboxylic acids is 8. The zero-order valence-corrected chi connectivity index (χ0v) is 32.6. The SMILES string of the molecule is CC(C)C[C@H](NC(=O)[C@H](Cc1ccccc1)NC(=O)[C@H](CC(N)=O)NC(=O)[C@@H](N)CC(N)=O)C(=O)N[C@@H](CCCN=C(N)N)C(=O)N[C@@H](Cc1ccccc1)C(N)=O. The molecule has 8 amide bonds. The highest BCUT2D eigenvalue weighted by Crippen LogP contribution is 2.11. The predicted molar refractivity (Wildman–Crippen MR) is 214 cm³/mol. The Hall–Kier alpha value is -6.57. The summed E-state index contributed by atoms with van der Waals surface area (Å²) in [4.78, 5) is 107. The molecule has 0 unspecified atom stereocenters. The minimum Gasteiger partial charge on any atom is -0.370 e. The van der Waals surface area contributed by atoms with Crippen LogP contribution < -0.4 is 61.0 Å². The molecule has 316 valence electrons. The Bertz CT molecular complexity index is 1760. The van der Waals surface area contributed by atoms with Gasteiger partial charge in [0.05, 0.1) is 18.9 Å². The summed E-state index contributed by atoms with van der Waals surface area (Å²) in [6.07, 6.45) is -0.905. The normalized spacial score (nSPS) is 13.9. The largest absolute Gasteiger partial charge is 0.370 e. The van der Waals surface area contributed by atoms with Gasteiger partial charge in [0.1, 0.15) is 30.2 Å². The van der Waals surface area contributed by atoms with Gasteiger partial charge in [-0.15, -0.1) is 0 Å². The summed E-state index contributed by atoms with van der Waals surface area (Å²) >= 11 is 0. The molecule has 2 aromatic rings. The number of aliphatic imine (C=N–C) groups is 1. The molecule has 0 radical (unpaired) electrons. The highest BCUT2D eigenvalue weighted by Gasteiger charge is 2.33. The molecule has 6 atom stereocenters. The molecule has 0 bridgehead atoms. The van der Waals surface area contributed by atoms with Crippen LogP contribution in [0.5, 0.6) is 0 Å². The van der Waals surface area contributed by atoms with Crippen LogP contribution in [-0.4, -0.2) is 96.0 Å². The Morgan fingerprint density at radius 3 is 1.48 bits per heavy atom. The minimum absolute atomic E-state index is 0.0241. The molecule has 2 aromatic carbocycles. The van der Waals surface area contributed by atoms with E-state index in [2.05, 4.69) is 31.6 Å². The first-order valence-electron chi connectivity index (χ1n) is 18.6. The molecular weight excluding hydrogens is 752 g/mol. The number of amides is 8. The third-order valence-corrected chi connectivity index (χ3v) is 8.57. The van der Waals surface area contributed by atoms with Crippen LogP contribution in [0.2, 0.25) is 0 Å². The molecule has 0 saturated heterocycles. The third kappa shape index (κ3) is 17.9. The number of nitrogens with zero attached hydrogens (tertiary/aromatic N) is 1. The van der Waals surface area contributed by atoms with Crippen molar-refractivity contribution in [2.24, 2.45) is 45.3 Å². The van der Waals surface area contributed by atoms with Gasteiger partial charge in [-0.05, 0) is 36.3 Å². The molecule has 20 nitrogen and oxygen atoms in total. The van der Waals surface area contributed by atoms with Gasteiger partial charge in [0.2, 0.25) is 47.3 Å². The van der Waals surface area contributed by atoms with E-state index in [1.807, 2.05) is 0 Å². The van der Waals surface area contributed by atoms with Crippen molar-refractivity contribution in [1.82, 2.24) is 26.6 Å². The topological polar surface area (TPSA) is 365 Å². The smallest absolute Gasteiger partial charge is 0.243 e. The number of benzene rings is 2. The fraction of sp³-hybridized carbons (Fsp3) is 0.447. The Morgan fingerprint density at radius 2 is 0.983 bits per heavy atom. The lowest BCUT2D eigenvalue weighted by Gasteiger charge is -2.28. The van der Waals surface area contributed by atoms with Crippen molar-refractivity contribution in [3.8, 4) is 0 Å². The summed E-state index contributed by atoms with van der Waals surface area (Å²) in [6, 6.07) is 9.37. The van der Waals surface area contributed by atoms with Crippen molar-refractivity contribution < 1.29 is 38.4 Å². The summed E-state index contributed by atoms with van der Waals surface area (Å²) in [7, 11) is 0. The van der Waals surface area contributed by atoms with E-state index < -0.39 is 96.4 Å². The van der Waals surface area contributed by atoms with Crippen LogP contribution in [-0.2, 0) is 51.2 Å². The second-order valence-electron chi connectivity index (χ2n) is 14.1. The molecule has 0 aliphatic heterocycles. The Kier molecular flexibility index (Phi) is 19.8. The Labute approximate surface area is 336 Å². The summed E-state index contributed by atoms with van der Waals surface area (Å²) in [5.41, 5.74) is 34.0. The van der Waals surface area contributed by atoms with Gasteiger partial charge in [-0.25, -0.2) is 0 Å². The molecule has 0 spiro atoms. The average Bonchev–Trinajstić information content (AvgIpc) is 3.14. The van der Waals surface area contributed by atoms with Crippen LogP contribution in [0.3, 0.4) is 0 Å². The van der Waals surface area contributed by atoms with Crippen molar-refractivity contribution in [2.45, 2.75) is 95.0 Å². The molecule has 0 heterocycles. The molecule has 0 aromatic heterocycles. The fourth-order valence-corrected chi connectivity index (χ4v) is 5.69. The Balaban J connectivity index is 2.39. The van der Waals surface area contributed by atoms with E-state index in [4.69, 9.17) is 34.4 Å². The molecule has 17 N–H and O–H groups in total. The zero-order valence-electron chi connectivity index (χ0n) is 32.6. The van der Waals surface area contributed by atoms with Gasteiger partial charge < -0.3 is 61.0 Å². The number of hydrogen-bond donors (Lipinski definition) is 11. The predicted octanol–water partition coefficient (Wildman–Crippen LogP) is -3.44. The highest BCUT2D eigenvalue weighted by atomic mass is 16.2. The van der Waals surface area contributed by atoms with E-state index in [1.54, 1.807) is 74.5 Å². The third-order valence-electron chi connectivity index (χ3n) is 8.57. The van der Waals surface area contributed by atoms with Gasteiger partial charge in [0.15, 0.2) is 5.96 Å². The van der Waals surface area contributed by atoms with Crippen molar-refractivity contribution in [2.75, 3.05) is 6.54 Å². The number of nitrogens with one attached hydrogen (secondary N) is 5. The lowest BCUT2D eigenvalue weighted by atomic mass is 9.99. The van der Waals surface area contributed by atoms with Gasteiger partial charge in [-0.2, -0.15) is 0 Å². The second kappa shape index (κ2) is 24.1. The molecular formula is C38H56N12O8. The summed E-state index contributed by atoms with van der Waals surface area (Å²) in [5, 5.41) is 12.8. The van der Waals surface area contributed by atoms with Crippen molar-refractivity contribution in [3.05, 3.63) is 71.8 Å². The number of primary amides is 3. The number of carbonyl (C=O) groups is 8. The molecule has 0 aliphatic rings. The molecule has 0 saturated carbocycles. The van der Waals surface area contributed by atoms with Crippen LogP contribution in [0.25, 0.3) is 0 Å². The summed E-state index contributed by atoms with van der Waals surface area (Å²) in [5.74, 6) is -7.26. The first kappa shape index (κ1) is 47.6. The fourth-order valence-electron chi connectivity index (χ4n) is 5.69. The van der Waals surface area contributed by atoms with Gasteiger partial charge in [0, 0.05) is 19.4 Å². The van der Waals surface area contributed by atoms with Crippen molar-refractivity contribution in [1.29, 1.82) is 0 Å². The monoisotopic (exact) mass is 808 g/mol. The second-order valence-corrected chi connectivity index (χ2v) is 14.1. The molecule has 2 rings (SSSR count). The Morgan fingerprint density at radius 1 is 0.552 bits per heavy atom. The van der Waals surface area contributed by atoms with E-state index in [-0.39, 0.29) is 50.5 Å². The van der Waals surface area contributed by atoms with Gasteiger partial charge in [-0.1, -0.05) is 74.5 Å². The van der Waals surface area contributed by atoms with Crippen LogP contribution in [0.1, 0.15) is 57.1 Å². The number of rotatable bonds is 25. The first-order chi connectivity index (χ1) is 27.4. The lowest BCUT2D eigenvalue weighted by Crippen LogP contribution is -2.60. The van der Waals surface area contributed by atoms with Crippen molar-refractivity contribution in [3.63, 3.8) is 0 Å².